The number of benzene rings is 2. The lowest BCUT2D eigenvalue weighted by molar-refractivity contribution is -0.151. The first kappa shape index (κ1) is 19.8. The van der Waals surface area contributed by atoms with Crippen molar-refractivity contribution in [3.05, 3.63) is 58.6 Å². The van der Waals surface area contributed by atoms with Crippen molar-refractivity contribution in [3.8, 4) is 5.75 Å². The summed E-state index contributed by atoms with van der Waals surface area (Å²) in [5.74, 6) is -0.158. The van der Waals surface area contributed by atoms with Gasteiger partial charge in [-0.3, -0.25) is 4.79 Å². The van der Waals surface area contributed by atoms with Crippen LogP contribution in [0.1, 0.15) is 36.2 Å². The molecule has 138 valence electrons. The average Bonchev–Trinajstić information content (AvgIpc) is 2.62. The van der Waals surface area contributed by atoms with Gasteiger partial charge in [0.15, 0.2) is 6.10 Å². The van der Waals surface area contributed by atoms with E-state index in [1.165, 1.54) is 0 Å². The van der Waals surface area contributed by atoms with Gasteiger partial charge in [0.25, 0.3) is 5.91 Å². The zero-order chi connectivity index (χ0) is 19.1. The van der Waals surface area contributed by atoms with Gasteiger partial charge in [0.1, 0.15) is 5.75 Å². The van der Waals surface area contributed by atoms with E-state index < -0.39 is 12.1 Å². The molecule has 0 heterocycles. The number of halogens is 1. The standard InChI is InChI=1S/C20H22ClNO4/c1-4-11-25-20(24)14(3)26-17-8-5-15(6-9-17)19(23)22-18-10-7-16(21)12-13(18)2/h5-10,12,14H,4,11H2,1-3H3,(H,22,23)/t14-/m0/s1. The highest BCUT2D eigenvalue weighted by Gasteiger charge is 2.16. The van der Waals surface area contributed by atoms with Crippen molar-refractivity contribution in [1.29, 1.82) is 0 Å². The van der Waals surface area contributed by atoms with Crippen molar-refractivity contribution in [2.45, 2.75) is 33.3 Å². The number of anilines is 1. The first-order valence-corrected chi connectivity index (χ1v) is 8.79. The number of aryl methyl sites for hydroxylation is 1. The molecule has 2 aromatic carbocycles. The number of amides is 1. The Morgan fingerprint density at radius 1 is 1.15 bits per heavy atom. The van der Waals surface area contributed by atoms with Crippen LogP contribution in [0.3, 0.4) is 0 Å². The number of carbonyl (C=O) groups is 2. The number of nitrogens with one attached hydrogen (secondary N) is 1. The summed E-state index contributed by atoms with van der Waals surface area (Å²) in [5, 5.41) is 3.46. The van der Waals surface area contributed by atoms with Gasteiger partial charge >= 0.3 is 5.97 Å². The maximum atomic E-state index is 12.4. The smallest absolute Gasteiger partial charge is 0.347 e. The lowest BCUT2D eigenvalue weighted by Crippen LogP contribution is -2.26. The Labute approximate surface area is 158 Å². The van der Waals surface area contributed by atoms with Crippen molar-refractivity contribution in [3.63, 3.8) is 0 Å². The third kappa shape index (κ3) is 5.49. The number of esters is 1. The van der Waals surface area contributed by atoms with Crippen LogP contribution in [0.2, 0.25) is 5.02 Å². The minimum atomic E-state index is -0.710. The summed E-state index contributed by atoms with van der Waals surface area (Å²) >= 11 is 5.92. The zero-order valence-electron chi connectivity index (χ0n) is 15.0. The summed E-state index contributed by atoms with van der Waals surface area (Å²) in [4.78, 5) is 24.1. The monoisotopic (exact) mass is 375 g/mol. The Hall–Kier alpha value is -2.53. The van der Waals surface area contributed by atoms with Gasteiger partial charge in [-0.25, -0.2) is 4.79 Å². The first-order valence-electron chi connectivity index (χ1n) is 8.41. The van der Waals surface area contributed by atoms with E-state index >= 15 is 0 Å². The summed E-state index contributed by atoms with van der Waals surface area (Å²) in [6.45, 7) is 5.79. The number of rotatable bonds is 7. The van der Waals surface area contributed by atoms with Crippen molar-refractivity contribution < 1.29 is 19.1 Å². The Morgan fingerprint density at radius 2 is 1.85 bits per heavy atom. The molecule has 1 N–H and O–H groups in total. The molecule has 0 radical (unpaired) electrons. The van der Waals surface area contributed by atoms with E-state index in [-0.39, 0.29) is 5.91 Å². The van der Waals surface area contributed by atoms with Crippen molar-refractivity contribution >= 4 is 29.2 Å². The topological polar surface area (TPSA) is 64.6 Å². The lowest BCUT2D eigenvalue weighted by atomic mass is 10.1. The lowest BCUT2D eigenvalue weighted by Gasteiger charge is -2.14. The van der Waals surface area contributed by atoms with Crippen LogP contribution < -0.4 is 10.1 Å². The van der Waals surface area contributed by atoms with Gasteiger partial charge in [0.2, 0.25) is 0 Å². The molecule has 0 aromatic heterocycles. The molecular formula is C20H22ClNO4. The Bertz CT molecular complexity index is 774. The molecule has 0 aliphatic rings. The van der Waals surface area contributed by atoms with E-state index in [1.54, 1.807) is 49.4 Å². The molecule has 0 saturated carbocycles. The number of carbonyl (C=O) groups excluding carboxylic acids is 2. The van der Waals surface area contributed by atoms with Gasteiger partial charge in [-0.2, -0.15) is 0 Å². The van der Waals surface area contributed by atoms with Crippen LogP contribution in [0.4, 0.5) is 5.69 Å². The highest BCUT2D eigenvalue weighted by molar-refractivity contribution is 6.30. The highest BCUT2D eigenvalue weighted by atomic mass is 35.5. The molecule has 1 amide bonds. The second-order valence-corrected chi connectivity index (χ2v) is 6.30. The van der Waals surface area contributed by atoms with Crippen molar-refractivity contribution in [2.24, 2.45) is 0 Å². The van der Waals surface area contributed by atoms with Crippen LogP contribution in [-0.4, -0.2) is 24.6 Å². The number of hydrogen-bond acceptors (Lipinski definition) is 4. The molecule has 2 aromatic rings. The van der Waals surface area contributed by atoms with E-state index in [9.17, 15) is 9.59 Å². The Balaban J connectivity index is 1.97. The van der Waals surface area contributed by atoms with E-state index in [0.29, 0.717) is 28.6 Å². The normalized spacial score (nSPS) is 11.5. The largest absolute Gasteiger partial charge is 0.479 e. The minimum absolute atomic E-state index is 0.239. The van der Waals surface area contributed by atoms with Crippen LogP contribution in [0, 0.1) is 6.92 Å². The quantitative estimate of drug-likeness (QED) is 0.717. The van der Waals surface area contributed by atoms with Gasteiger partial charge in [0.05, 0.1) is 6.61 Å². The third-order valence-corrected chi connectivity index (χ3v) is 3.88. The van der Waals surface area contributed by atoms with E-state index in [2.05, 4.69) is 5.32 Å². The predicted octanol–water partition coefficient (Wildman–Crippen LogP) is 4.62. The molecule has 2 rings (SSSR count). The summed E-state index contributed by atoms with van der Waals surface area (Å²) in [7, 11) is 0. The SMILES string of the molecule is CCCOC(=O)[C@H](C)Oc1ccc(C(=O)Nc2ccc(Cl)cc2C)cc1. The third-order valence-electron chi connectivity index (χ3n) is 3.65. The maximum Gasteiger partial charge on any atom is 0.347 e. The van der Waals surface area contributed by atoms with Crippen LogP contribution >= 0.6 is 11.6 Å². The molecule has 6 heteroatoms. The highest BCUT2D eigenvalue weighted by Crippen LogP contribution is 2.21. The van der Waals surface area contributed by atoms with Crippen molar-refractivity contribution in [1.82, 2.24) is 0 Å². The molecule has 0 spiro atoms. The van der Waals surface area contributed by atoms with E-state index in [4.69, 9.17) is 21.1 Å². The Kier molecular flexibility index (Phi) is 7.04. The molecule has 0 fully saturated rings. The zero-order valence-corrected chi connectivity index (χ0v) is 15.8. The fourth-order valence-electron chi connectivity index (χ4n) is 2.22. The molecule has 0 bridgehead atoms. The summed E-state index contributed by atoms with van der Waals surface area (Å²) in [5.41, 5.74) is 2.06. The molecule has 0 aliphatic carbocycles. The second kappa shape index (κ2) is 9.25. The predicted molar refractivity (Wildman–Crippen MR) is 102 cm³/mol. The first-order chi connectivity index (χ1) is 12.4. The average molecular weight is 376 g/mol. The van der Waals surface area contributed by atoms with Crippen LogP contribution in [0.5, 0.6) is 5.75 Å². The van der Waals surface area contributed by atoms with Gasteiger partial charge < -0.3 is 14.8 Å². The molecule has 26 heavy (non-hydrogen) atoms. The molecule has 0 aliphatic heterocycles. The maximum absolute atomic E-state index is 12.4. The summed E-state index contributed by atoms with van der Waals surface area (Å²) in [6.07, 6.45) is 0.0491. The van der Waals surface area contributed by atoms with E-state index in [1.807, 2.05) is 13.8 Å². The number of ether oxygens (including phenoxy) is 2. The Morgan fingerprint density at radius 3 is 2.46 bits per heavy atom. The second-order valence-electron chi connectivity index (χ2n) is 5.87. The fourth-order valence-corrected chi connectivity index (χ4v) is 2.45. The minimum Gasteiger partial charge on any atom is -0.479 e. The van der Waals surface area contributed by atoms with Gasteiger partial charge in [-0.1, -0.05) is 18.5 Å². The molecule has 0 unspecified atom stereocenters. The van der Waals surface area contributed by atoms with Crippen LogP contribution in [0.25, 0.3) is 0 Å². The van der Waals surface area contributed by atoms with Crippen LogP contribution in [-0.2, 0) is 9.53 Å². The summed E-state index contributed by atoms with van der Waals surface area (Å²) < 4.78 is 10.6. The molecular weight excluding hydrogens is 354 g/mol. The van der Waals surface area contributed by atoms with Gasteiger partial charge in [-0.05, 0) is 68.3 Å². The molecule has 5 nitrogen and oxygen atoms in total. The van der Waals surface area contributed by atoms with Gasteiger partial charge in [0, 0.05) is 16.3 Å². The van der Waals surface area contributed by atoms with Gasteiger partial charge in [-0.15, -0.1) is 0 Å². The number of hydrogen-bond donors (Lipinski definition) is 1. The molecule has 0 saturated heterocycles. The molecule has 1 atom stereocenters. The summed E-state index contributed by atoms with van der Waals surface area (Å²) in [6, 6.07) is 11.8. The fraction of sp³-hybridized carbons (Fsp3) is 0.300. The van der Waals surface area contributed by atoms with Crippen molar-refractivity contribution in [2.75, 3.05) is 11.9 Å². The van der Waals surface area contributed by atoms with Crippen LogP contribution in [0.15, 0.2) is 42.5 Å². The van der Waals surface area contributed by atoms with E-state index in [0.717, 1.165) is 12.0 Å².